The van der Waals surface area contributed by atoms with Crippen molar-refractivity contribution in [3.63, 3.8) is 0 Å². The van der Waals surface area contributed by atoms with Crippen LogP contribution in [0, 0.1) is 0 Å². The summed E-state index contributed by atoms with van der Waals surface area (Å²) in [6.07, 6.45) is 13.8. The van der Waals surface area contributed by atoms with Gasteiger partial charge in [0, 0.05) is 55.3 Å². The van der Waals surface area contributed by atoms with E-state index in [9.17, 15) is 4.79 Å². The van der Waals surface area contributed by atoms with Crippen LogP contribution in [0.5, 0.6) is 0 Å². The van der Waals surface area contributed by atoms with Gasteiger partial charge < -0.3 is 10.2 Å². The van der Waals surface area contributed by atoms with Crippen molar-refractivity contribution < 1.29 is 4.79 Å². The zero-order valence-corrected chi connectivity index (χ0v) is 16.0. The Morgan fingerprint density at radius 3 is 3.00 bits per heavy atom. The van der Waals surface area contributed by atoms with Gasteiger partial charge in [-0.05, 0) is 30.5 Å². The van der Waals surface area contributed by atoms with E-state index in [4.69, 9.17) is 4.98 Å². The van der Waals surface area contributed by atoms with Crippen molar-refractivity contribution in [1.29, 1.82) is 0 Å². The number of hydrogen-bond donors (Lipinski definition) is 1. The summed E-state index contributed by atoms with van der Waals surface area (Å²) in [7, 11) is 0. The minimum Gasteiger partial charge on any atom is -0.338 e. The zero-order chi connectivity index (χ0) is 19.2. The largest absolute Gasteiger partial charge is 0.338 e. The van der Waals surface area contributed by atoms with Crippen LogP contribution in [0.25, 0.3) is 6.08 Å². The molecule has 0 spiro atoms. The van der Waals surface area contributed by atoms with E-state index in [-0.39, 0.29) is 11.8 Å². The van der Waals surface area contributed by atoms with Gasteiger partial charge in [-0.1, -0.05) is 6.07 Å². The summed E-state index contributed by atoms with van der Waals surface area (Å²) in [5.74, 6) is 0.948. The molecule has 1 N–H and O–H groups in total. The van der Waals surface area contributed by atoms with Crippen LogP contribution in [0.15, 0.2) is 54.6 Å². The van der Waals surface area contributed by atoms with Crippen molar-refractivity contribution >= 4 is 34.3 Å². The molecule has 0 aromatic carbocycles. The van der Waals surface area contributed by atoms with Crippen molar-refractivity contribution in [2.75, 3.05) is 18.4 Å². The number of carbonyl (C=O) groups excluding carboxylic acids is 1. The number of piperidine rings is 1. The second-order valence-corrected chi connectivity index (χ2v) is 7.39. The van der Waals surface area contributed by atoms with Gasteiger partial charge in [-0.2, -0.15) is 0 Å². The van der Waals surface area contributed by atoms with Crippen LogP contribution >= 0.6 is 11.3 Å². The fourth-order valence-electron chi connectivity index (χ4n) is 3.17. The molecule has 28 heavy (non-hydrogen) atoms. The molecule has 1 amide bonds. The van der Waals surface area contributed by atoms with Gasteiger partial charge in [0.05, 0.1) is 11.9 Å². The molecule has 1 fully saturated rings. The Hall–Kier alpha value is -3.13. The van der Waals surface area contributed by atoms with Gasteiger partial charge >= 0.3 is 0 Å². The lowest BCUT2D eigenvalue weighted by atomic mass is 9.95. The van der Waals surface area contributed by atoms with Crippen LogP contribution in [0.2, 0.25) is 0 Å². The molecule has 0 saturated carbocycles. The van der Waals surface area contributed by atoms with Crippen molar-refractivity contribution in [3.8, 4) is 0 Å². The Kier molecular flexibility index (Phi) is 5.67. The lowest BCUT2D eigenvalue weighted by Crippen LogP contribution is -2.38. The van der Waals surface area contributed by atoms with E-state index in [1.54, 1.807) is 48.4 Å². The van der Waals surface area contributed by atoms with E-state index in [2.05, 4.69) is 25.6 Å². The molecule has 0 radical (unpaired) electrons. The minimum atomic E-state index is 0.0293. The van der Waals surface area contributed by atoms with Crippen LogP contribution in [0.3, 0.4) is 0 Å². The molecular weight excluding hydrogens is 372 g/mol. The highest BCUT2D eigenvalue weighted by atomic mass is 32.1. The van der Waals surface area contributed by atoms with Crippen LogP contribution < -0.4 is 5.32 Å². The fourth-order valence-corrected chi connectivity index (χ4v) is 3.97. The number of nitrogens with one attached hydrogen (secondary N) is 1. The van der Waals surface area contributed by atoms with Crippen molar-refractivity contribution in [2.24, 2.45) is 0 Å². The third-order valence-corrected chi connectivity index (χ3v) is 5.35. The van der Waals surface area contributed by atoms with E-state index >= 15 is 0 Å². The van der Waals surface area contributed by atoms with Crippen LogP contribution in [-0.4, -0.2) is 43.8 Å². The van der Waals surface area contributed by atoms with Gasteiger partial charge in [0.15, 0.2) is 10.9 Å². The average Bonchev–Trinajstić information content (AvgIpc) is 3.22. The van der Waals surface area contributed by atoms with Crippen molar-refractivity contribution in [3.05, 3.63) is 65.8 Å². The monoisotopic (exact) mass is 392 g/mol. The molecule has 3 aromatic rings. The van der Waals surface area contributed by atoms with Crippen LogP contribution in [0.4, 0.5) is 10.9 Å². The predicted molar refractivity (Wildman–Crippen MR) is 109 cm³/mol. The molecule has 1 aliphatic rings. The molecule has 8 heteroatoms. The number of rotatable bonds is 5. The second-order valence-electron chi connectivity index (χ2n) is 6.54. The molecule has 3 aromatic heterocycles. The molecule has 1 unspecified atom stereocenters. The number of pyridine rings is 1. The van der Waals surface area contributed by atoms with E-state index in [1.165, 1.54) is 0 Å². The van der Waals surface area contributed by atoms with Crippen molar-refractivity contribution in [1.82, 2.24) is 24.8 Å². The summed E-state index contributed by atoms with van der Waals surface area (Å²) < 4.78 is 0. The topological polar surface area (TPSA) is 83.9 Å². The lowest BCUT2D eigenvalue weighted by Gasteiger charge is -2.31. The van der Waals surface area contributed by atoms with E-state index in [0.717, 1.165) is 35.8 Å². The molecule has 0 aliphatic carbocycles. The number of likely N-dealkylation sites (tertiary alicyclic amines) is 1. The highest BCUT2D eigenvalue weighted by Gasteiger charge is 2.25. The van der Waals surface area contributed by atoms with Gasteiger partial charge in [0.25, 0.3) is 0 Å². The predicted octanol–water partition coefficient (Wildman–Crippen LogP) is 3.49. The third-order valence-electron chi connectivity index (χ3n) is 4.57. The number of amides is 1. The quantitative estimate of drug-likeness (QED) is 0.669. The maximum atomic E-state index is 12.6. The molecule has 4 rings (SSSR count). The van der Waals surface area contributed by atoms with Crippen LogP contribution in [-0.2, 0) is 4.79 Å². The number of nitrogens with zero attached hydrogens (tertiary/aromatic N) is 5. The Labute approximate surface area is 167 Å². The summed E-state index contributed by atoms with van der Waals surface area (Å²) in [6.45, 7) is 1.46. The maximum Gasteiger partial charge on any atom is 0.246 e. The first-order valence-corrected chi connectivity index (χ1v) is 10.0. The smallest absolute Gasteiger partial charge is 0.246 e. The molecular formula is C20H20N6OS. The van der Waals surface area contributed by atoms with Crippen molar-refractivity contribution in [2.45, 2.75) is 18.8 Å². The highest BCUT2D eigenvalue weighted by Crippen LogP contribution is 2.30. The molecule has 4 heterocycles. The average molecular weight is 392 g/mol. The van der Waals surface area contributed by atoms with E-state index < -0.39 is 0 Å². The summed E-state index contributed by atoms with van der Waals surface area (Å²) in [6, 6.07) is 3.78. The highest BCUT2D eigenvalue weighted by molar-refractivity contribution is 7.13. The standard InChI is InChI=1S/C20H20N6OS/c27-19(6-5-15-3-1-7-21-11-15)26-10-2-4-16(13-26)17-14-28-20(24-17)25-18-12-22-8-9-23-18/h1,3,5-9,11-12,14,16H,2,4,10,13H2,(H,23,24,25). The normalized spacial score (nSPS) is 17.0. The van der Waals surface area contributed by atoms with E-state index in [0.29, 0.717) is 12.4 Å². The molecule has 1 saturated heterocycles. The first-order chi connectivity index (χ1) is 13.8. The zero-order valence-electron chi connectivity index (χ0n) is 15.2. The molecule has 1 atom stereocenters. The van der Waals surface area contributed by atoms with Gasteiger partial charge in [0.2, 0.25) is 5.91 Å². The Morgan fingerprint density at radius 2 is 2.18 bits per heavy atom. The van der Waals surface area contributed by atoms with Gasteiger partial charge in [-0.3, -0.25) is 14.8 Å². The van der Waals surface area contributed by atoms with E-state index in [1.807, 2.05) is 23.1 Å². The number of hydrogen-bond acceptors (Lipinski definition) is 7. The van der Waals surface area contributed by atoms with Crippen LogP contribution in [0.1, 0.15) is 30.0 Å². The first kappa shape index (κ1) is 18.2. The lowest BCUT2D eigenvalue weighted by molar-refractivity contribution is -0.127. The Morgan fingerprint density at radius 1 is 1.25 bits per heavy atom. The second kappa shape index (κ2) is 8.71. The molecule has 142 valence electrons. The fraction of sp³-hybridized carbons (Fsp3) is 0.250. The minimum absolute atomic E-state index is 0.0293. The van der Waals surface area contributed by atoms with Gasteiger partial charge in [0.1, 0.15) is 0 Å². The molecule has 7 nitrogen and oxygen atoms in total. The third kappa shape index (κ3) is 4.58. The SMILES string of the molecule is O=C(C=Cc1cccnc1)N1CCCC(c2csc(Nc3cnccn3)n2)C1. The first-order valence-electron chi connectivity index (χ1n) is 9.13. The summed E-state index contributed by atoms with van der Waals surface area (Å²) >= 11 is 1.54. The van der Waals surface area contributed by atoms with Gasteiger partial charge in [-0.25, -0.2) is 9.97 Å². The summed E-state index contributed by atoms with van der Waals surface area (Å²) in [4.78, 5) is 31.5. The molecule has 1 aliphatic heterocycles. The molecule has 0 bridgehead atoms. The Balaban J connectivity index is 1.38. The number of aromatic nitrogens is 4. The number of carbonyl (C=O) groups is 1. The maximum absolute atomic E-state index is 12.6. The summed E-state index contributed by atoms with van der Waals surface area (Å²) in [5, 5.41) is 6.02. The number of thiazole rings is 1. The number of anilines is 2. The summed E-state index contributed by atoms with van der Waals surface area (Å²) in [5.41, 5.74) is 1.94. The Bertz CT molecular complexity index is 944. The van der Waals surface area contributed by atoms with Gasteiger partial charge in [-0.15, -0.1) is 11.3 Å².